The number of nitrogens with zero attached hydrogens (tertiary/aromatic N) is 1. The lowest BCUT2D eigenvalue weighted by molar-refractivity contribution is 0.0926. The molecular weight excluding hydrogens is 264 g/mol. The lowest BCUT2D eigenvalue weighted by Crippen LogP contribution is -2.36. The first-order valence-corrected chi connectivity index (χ1v) is 7.58. The second kappa shape index (κ2) is 6.12. The van der Waals surface area contributed by atoms with Gasteiger partial charge in [0.1, 0.15) is 17.0 Å². The van der Waals surface area contributed by atoms with E-state index in [1.807, 2.05) is 30.3 Å². The van der Waals surface area contributed by atoms with Gasteiger partial charge in [-0.25, -0.2) is 0 Å². The third-order valence-electron chi connectivity index (χ3n) is 4.08. The Bertz CT molecular complexity index is 613. The van der Waals surface area contributed by atoms with Crippen molar-refractivity contribution in [2.45, 2.75) is 45.1 Å². The highest BCUT2D eigenvalue weighted by Gasteiger charge is 2.24. The molecule has 0 bridgehead atoms. The molecule has 21 heavy (non-hydrogen) atoms. The summed E-state index contributed by atoms with van der Waals surface area (Å²) in [5.41, 5.74) is 2.09. The summed E-state index contributed by atoms with van der Waals surface area (Å²) in [5.74, 6) is 0.502. The molecule has 2 aromatic rings. The van der Waals surface area contributed by atoms with Crippen molar-refractivity contribution >= 4 is 5.91 Å². The molecule has 0 unspecified atom stereocenters. The van der Waals surface area contributed by atoms with Crippen LogP contribution in [0, 0.1) is 6.92 Å². The number of carbonyl (C=O) groups excluding carboxylic acids is 1. The molecule has 0 atom stereocenters. The summed E-state index contributed by atoms with van der Waals surface area (Å²) in [6.45, 7) is 1.79. The molecule has 4 heteroatoms. The highest BCUT2D eigenvalue weighted by Crippen LogP contribution is 2.26. The Morgan fingerprint density at radius 3 is 2.62 bits per heavy atom. The fourth-order valence-corrected chi connectivity index (χ4v) is 2.94. The van der Waals surface area contributed by atoms with Crippen LogP contribution < -0.4 is 5.32 Å². The van der Waals surface area contributed by atoms with Gasteiger partial charge in [0.25, 0.3) is 5.91 Å². The lowest BCUT2D eigenvalue weighted by Gasteiger charge is -2.22. The number of rotatable bonds is 3. The topological polar surface area (TPSA) is 55.1 Å². The molecule has 0 spiro atoms. The minimum absolute atomic E-state index is 0.0699. The lowest BCUT2D eigenvalue weighted by atomic mass is 9.95. The maximum Gasteiger partial charge on any atom is 0.257 e. The Kier molecular flexibility index (Phi) is 4.04. The minimum Gasteiger partial charge on any atom is -0.360 e. The first kappa shape index (κ1) is 13.9. The van der Waals surface area contributed by atoms with E-state index in [4.69, 9.17) is 4.52 Å². The zero-order chi connectivity index (χ0) is 14.7. The molecule has 1 aromatic heterocycles. The van der Waals surface area contributed by atoms with Gasteiger partial charge in [0, 0.05) is 11.6 Å². The van der Waals surface area contributed by atoms with E-state index in [1.54, 1.807) is 6.92 Å². The number of benzene rings is 1. The number of hydrogen-bond donors (Lipinski definition) is 1. The van der Waals surface area contributed by atoms with Gasteiger partial charge in [-0.05, 0) is 19.8 Å². The minimum atomic E-state index is -0.0699. The molecule has 1 aliphatic rings. The van der Waals surface area contributed by atoms with Crippen LogP contribution in [-0.2, 0) is 0 Å². The monoisotopic (exact) mass is 284 g/mol. The van der Waals surface area contributed by atoms with E-state index >= 15 is 0 Å². The van der Waals surface area contributed by atoms with Crippen molar-refractivity contribution in [3.8, 4) is 11.3 Å². The van der Waals surface area contributed by atoms with Crippen LogP contribution in [0.2, 0.25) is 0 Å². The van der Waals surface area contributed by atoms with Gasteiger partial charge in [-0.1, -0.05) is 54.8 Å². The zero-order valence-electron chi connectivity index (χ0n) is 12.3. The average molecular weight is 284 g/mol. The van der Waals surface area contributed by atoms with Crippen LogP contribution in [0.25, 0.3) is 11.3 Å². The SMILES string of the molecule is Cc1onc(-c2ccccc2)c1C(=O)NC1CCCCC1. The van der Waals surface area contributed by atoms with E-state index < -0.39 is 0 Å². The van der Waals surface area contributed by atoms with Gasteiger partial charge in [0.15, 0.2) is 0 Å². The summed E-state index contributed by atoms with van der Waals surface area (Å²) < 4.78 is 5.25. The number of amides is 1. The fourth-order valence-electron chi connectivity index (χ4n) is 2.94. The molecule has 1 aliphatic carbocycles. The van der Waals surface area contributed by atoms with Crippen LogP contribution in [0.1, 0.15) is 48.2 Å². The number of hydrogen-bond acceptors (Lipinski definition) is 3. The van der Waals surface area contributed by atoms with Crippen molar-refractivity contribution in [3.63, 3.8) is 0 Å². The van der Waals surface area contributed by atoms with Crippen LogP contribution >= 0.6 is 0 Å². The Labute approximate surface area is 124 Å². The van der Waals surface area contributed by atoms with Crippen molar-refractivity contribution in [2.75, 3.05) is 0 Å². The largest absolute Gasteiger partial charge is 0.360 e. The number of aryl methyl sites for hydroxylation is 1. The van der Waals surface area contributed by atoms with Crippen LogP contribution in [0.3, 0.4) is 0 Å². The van der Waals surface area contributed by atoms with Crippen LogP contribution in [-0.4, -0.2) is 17.1 Å². The van der Waals surface area contributed by atoms with Crippen LogP contribution in [0.5, 0.6) is 0 Å². The van der Waals surface area contributed by atoms with E-state index in [0.717, 1.165) is 18.4 Å². The van der Waals surface area contributed by atoms with Crippen molar-refractivity contribution in [2.24, 2.45) is 0 Å². The van der Waals surface area contributed by atoms with E-state index in [1.165, 1.54) is 19.3 Å². The Balaban J connectivity index is 1.84. The summed E-state index contributed by atoms with van der Waals surface area (Å²) in [7, 11) is 0. The molecule has 1 heterocycles. The van der Waals surface area contributed by atoms with Gasteiger partial charge in [-0.15, -0.1) is 0 Å². The first-order valence-electron chi connectivity index (χ1n) is 7.58. The molecule has 1 amide bonds. The second-order valence-electron chi connectivity index (χ2n) is 5.64. The summed E-state index contributed by atoms with van der Waals surface area (Å²) in [5, 5.41) is 7.20. The summed E-state index contributed by atoms with van der Waals surface area (Å²) in [6, 6.07) is 9.97. The predicted molar refractivity (Wildman–Crippen MR) is 81.0 cm³/mol. The fraction of sp³-hybridized carbons (Fsp3) is 0.412. The molecule has 0 saturated heterocycles. The Hall–Kier alpha value is -2.10. The van der Waals surface area contributed by atoms with E-state index in [-0.39, 0.29) is 11.9 Å². The summed E-state index contributed by atoms with van der Waals surface area (Å²) in [4.78, 5) is 12.6. The van der Waals surface area contributed by atoms with Crippen molar-refractivity contribution in [3.05, 3.63) is 41.7 Å². The van der Waals surface area contributed by atoms with Gasteiger partial charge in [-0.3, -0.25) is 4.79 Å². The maximum absolute atomic E-state index is 12.6. The van der Waals surface area contributed by atoms with Crippen molar-refractivity contribution in [1.82, 2.24) is 10.5 Å². The molecule has 0 aliphatic heterocycles. The normalized spacial score (nSPS) is 15.9. The maximum atomic E-state index is 12.6. The van der Waals surface area contributed by atoms with Crippen molar-refractivity contribution in [1.29, 1.82) is 0 Å². The molecule has 0 radical (unpaired) electrons. The molecule has 1 saturated carbocycles. The van der Waals surface area contributed by atoms with Gasteiger partial charge in [0.05, 0.1) is 0 Å². The third kappa shape index (κ3) is 2.99. The summed E-state index contributed by atoms with van der Waals surface area (Å²) >= 11 is 0. The van der Waals surface area contributed by atoms with Crippen LogP contribution in [0.4, 0.5) is 0 Å². The van der Waals surface area contributed by atoms with Crippen LogP contribution in [0.15, 0.2) is 34.9 Å². The highest BCUT2D eigenvalue weighted by molar-refractivity contribution is 6.00. The summed E-state index contributed by atoms with van der Waals surface area (Å²) in [6.07, 6.45) is 5.79. The zero-order valence-corrected chi connectivity index (χ0v) is 12.3. The second-order valence-corrected chi connectivity index (χ2v) is 5.64. The van der Waals surface area contributed by atoms with E-state index in [9.17, 15) is 4.79 Å². The standard InChI is InChI=1S/C17H20N2O2/c1-12-15(17(20)18-14-10-6-3-7-11-14)16(19-21-12)13-8-4-2-5-9-13/h2,4-5,8-9,14H,3,6-7,10-11H2,1H3,(H,18,20). The molecule has 4 nitrogen and oxygen atoms in total. The number of carbonyl (C=O) groups is 1. The molecule has 1 fully saturated rings. The van der Waals surface area contributed by atoms with Gasteiger partial charge < -0.3 is 9.84 Å². The Morgan fingerprint density at radius 2 is 1.90 bits per heavy atom. The quantitative estimate of drug-likeness (QED) is 0.934. The Morgan fingerprint density at radius 1 is 1.19 bits per heavy atom. The van der Waals surface area contributed by atoms with E-state index in [0.29, 0.717) is 17.0 Å². The van der Waals surface area contributed by atoms with E-state index in [2.05, 4.69) is 10.5 Å². The smallest absolute Gasteiger partial charge is 0.257 e. The molecule has 110 valence electrons. The molecule has 1 N–H and O–H groups in total. The predicted octanol–water partition coefficient (Wildman–Crippen LogP) is 3.71. The van der Waals surface area contributed by atoms with Gasteiger partial charge >= 0.3 is 0 Å². The molecule has 1 aromatic carbocycles. The molecular formula is C17H20N2O2. The average Bonchev–Trinajstić information content (AvgIpc) is 2.91. The van der Waals surface area contributed by atoms with Crippen molar-refractivity contribution < 1.29 is 9.32 Å². The molecule has 3 rings (SSSR count). The third-order valence-corrected chi connectivity index (χ3v) is 4.08. The highest BCUT2D eigenvalue weighted by atomic mass is 16.5. The van der Waals surface area contributed by atoms with Gasteiger partial charge in [-0.2, -0.15) is 0 Å². The number of nitrogens with one attached hydrogen (secondary N) is 1. The number of aromatic nitrogens is 1. The first-order chi connectivity index (χ1) is 10.3. The van der Waals surface area contributed by atoms with Gasteiger partial charge in [0.2, 0.25) is 0 Å².